The van der Waals surface area contributed by atoms with Gasteiger partial charge in [0, 0.05) is 51.8 Å². The van der Waals surface area contributed by atoms with Gasteiger partial charge in [0.15, 0.2) is 52.5 Å². The van der Waals surface area contributed by atoms with E-state index in [0.717, 1.165) is 31.9 Å². The van der Waals surface area contributed by atoms with Crippen LogP contribution in [0.5, 0.6) is 11.5 Å². The molecule has 0 bridgehead atoms. The molecule has 6 rings (SSSR count). The summed E-state index contributed by atoms with van der Waals surface area (Å²) >= 11 is 0. The molecule has 274 valence electrons. The van der Waals surface area contributed by atoms with Gasteiger partial charge in [0.05, 0.1) is 18.1 Å². The van der Waals surface area contributed by atoms with Crippen molar-refractivity contribution in [3.8, 4) is 11.5 Å². The molecule has 0 saturated carbocycles. The standard InChI is InChI=1S/C41H38O12/c1-23(42)48-37-36-32(46)20-29(18-16-27-13-9-6-10-14-27)52-38(36)40(41(50-25(3)44)39(37)49-24(2)43)53-35-21-30-31(45)19-28(51-33(30)22-34(35)47-4)17-15-26-11-7-5-8-12-26/h5-14,19-22,37,39-41H,15-18H2,1-4H3/t37-,39+,40+,41+/m0/s1. The van der Waals surface area contributed by atoms with Crippen LogP contribution in [0.1, 0.15) is 67.0 Å². The summed E-state index contributed by atoms with van der Waals surface area (Å²) in [6.07, 6.45) is -4.05. The third-order valence-electron chi connectivity index (χ3n) is 8.75. The summed E-state index contributed by atoms with van der Waals surface area (Å²) in [5.41, 5.74) is 1.24. The van der Waals surface area contributed by atoms with E-state index in [1.807, 2.05) is 60.7 Å². The maximum atomic E-state index is 13.9. The van der Waals surface area contributed by atoms with Crippen molar-refractivity contribution in [3.05, 3.63) is 139 Å². The fraction of sp³-hybridized carbons (Fsp3) is 0.293. The van der Waals surface area contributed by atoms with Gasteiger partial charge in [0.25, 0.3) is 0 Å². The van der Waals surface area contributed by atoms with Crippen LogP contribution in [-0.2, 0) is 54.3 Å². The molecule has 1 aliphatic carbocycles. The lowest BCUT2D eigenvalue weighted by atomic mass is 9.86. The molecule has 0 fully saturated rings. The van der Waals surface area contributed by atoms with Gasteiger partial charge < -0.3 is 32.5 Å². The fourth-order valence-corrected chi connectivity index (χ4v) is 6.46. The molecule has 2 aromatic heterocycles. The zero-order chi connectivity index (χ0) is 37.6. The summed E-state index contributed by atoms with van der Waals surface area (Å²) in [6, 6.07) is 25.0. The first-order valence-corrected chi connectivity index (χ1v) is 17.1. The monoisotopic (exact) mass is 722 g/mol. The smallest absolute Gasteiger partial charge is 0.303 e. The van der Waals surface area contributed by atoms with E-state index in [1.54, 1.807) is 0 Å². The molecule has 0 radical (unpaired) electrons. The van der Waals surface area contributed by atoms with E-state index in [1.165, 1.54) is 31.4 Å². The number of ether oxygens (including phenoxy) is 5. The average molecular weight is 723 g/mol. The van der Waals surface area contributed by atoms with Gasteiger partial charge in [0.1, 0.15) is 17.1 Å². The molecular weight excluding hydrogens is 684 g/mol. The Balaban J connectivity index is 1.46. The van der Waals surface area contributed by atoms with E-state index in [-0.39, 0.29) is 45.0 Å². The maximum absolute atomic E-state index is 13.9. The highest BCUT2D eigenvalue weighted by Crippen LogP contribution is 2.45. The van der Waals surface area contributed by atoms with Crippen molar-refractivity contribution >= 4 is 28.9 Å². The lowest BCUT2D eigenvalue weighted by Crippen LogP contribution is -2.50. The number of hydrogen-bond donors (Lipinski definition) is 0. The van der Waals surface area contributed by atoms with Crippen LogP contribution in [0.2, 0.25) is 0 Å². The number of rotatable bonds is 12. The van der Waals surface area contributed by atoms with E-state index < -0.39 is 47.8 Å². The lowest BCUT2D eigenvalue weighted by Gasteiger charge is -2.40. The highest BCUT2D eigenvalue weighted by atomic mass is 16.6. The van der Waals surface area contributed by atoms with E-state index in [0.29, 0.717) is 31.4 Å². The zero-order valence-electron chi connectivity index (χ0n) is 29.6. The molecule has 12 heteroatoms. The van der Waals surface area contributed by atoms with Crippen LogP contribution in [0.15, 0.2) is 103 Å². The second-order valence-electron chi connectivity index (χ2n) is 12.6. The summed E-state index contributed by atoms with van der Waals surface area (Å²) in [7, 11) is 1.39. The third-order valence-corrected chi connectivity index (χ3v) is 8.75. The van der Waals surface area contributed by atoms with Crippen molar-refractivity contribution in [2.75, 3.05) is 7.11 Å². The summed E-state index contributed by atoms with van der Waals surface area (Å²) in [4.78, 5) is 64.8. The van der Waals surface area contributed by atoms with Crippen LogP contribution >= 0.6 is 0 Å². The van der Waals surface area contributed by atoms with Crippen molar-refractivity contribution < 1.29 is 46.9 Å². The number of carbonyl (C=O) groups is 3. The van der Waals surface area contributed by atoms with E-state index in [2.05, 4.69) is 0 Å². The summed E-state index contributed by atoms with van der Waals surface area (Å²) in [6.45, 7) is 3.39. The minimum atomic E-state index is -1.53. The largest absolute Gasteiger partial charge is 0.493 e. The second-order valence-corrected chi connectivity index (χ2v) is 12.6. The first-order valence-electron chi connectivity index (χ1n) is 17.1. The third kappa shape index (κ3) is 8.49. The molecule has 53 heavy (non-hydrogen) atoms. The number of aryl methyl sites for hydroxylation is 4. The first kappa shape index (κ1) is 36.6. The predicted octanol–water partition coefficient (Wildman–Crippen LogP) is 5.93. The quantitative estimate of drug-likeness (QED) is 0.111. The zero-order valence-corrected chi connectivity index (χ0v) is 29.6. The van der Waals surface area contributed by atoms with Gasteiger partial charge in [-0.15, -0.1) is 0 Å². The van der Waals surface area contributed by atoms with Gasteiger partial charge >= 0.3 is 17.9 Å². The molecule has 2 heterocycles. The number of fused-ring (bicyclic) bond motifs is 2. The Morgan fingerprint density at radius 3 is 1.68 bits per heavy atom. The van der Waals surface area contributed by atoms with Gasteiger partial charge in [-0.3, -0.25) is 24.0 Å². The molecule has 0 saturated heterocycles. The fourth-order valence-electron chi connectivity index (χ4n) is 6.46. The molecule has 0 spiro atoms. The molecule has 3 aromatic carbocycles. The van der Waals surface area contributed by atoms with Crippen molar-refractivity contribution in [3.63, 3.8) is 0 Å². The first-order chi connectivity index (χ1) is 25.5. The SMILES string of the molecule is COc1cc2oc(CCc3ccccc3)cc(=O)c2cc1O[C@@H]1c2oc(CCc3ccccc3)cc(=O)c2[C@H](OC(C)=O)[C@@H](OC(C)=O)[C@H]1OC(C)=O. The number of benzene rings is 3. The molecule has 0 amide bonds. The molecule has 0 aliphatic heterocycles. The van der Waals surface area contributed by atoms with Crippen molar-refractivity contribution in [2.45, 2.75) is 70.9 Å². The van der Waals surface area contributed by atoms with Crippen molar-refractivity contribution in [2.24, 2.45) is 0 Å². The van der Waals surface area contributed by atoms with E-state index in [9.17, 15) is 24.0 Å². The topological polar surface area (TPSA) is 158 Å². The van der Waals surface area contributed by atoms with Gasteiger partial charge in [0.2, 0.25) is 0 Å². The van der Waals surface area contributed by atoms with Gasteiger partial charge in [-0.05, 0) is 30.0 Å². The normalized spacial score (nSPS) is 17.7. The lowest BCUT2D eigenvalue weighted by molar-refractivity contribution is -0.198. The van der Waals surface area contributed by atoms with Crippen molar-refractivity contribution in [1.29, 1.82) is 0 Å². The molecule has 12 nitrogen and oxygen atoms in total. The van der Waals surface area contributed by atoms with Crippen LogP contribution in [0, 0.1) is 0 Å². The molecular formula is C41H38O12. The van der Waals surface area contributed by atoms with Crippen LogP contribution in [0.4, 0.5) is 0 Å². The Bertz CT molecular complexity index is 2240. The van der Waals surface area contributed by atoms with Gasteiger partial charge in [-0.1, -0.05) is 60.7 Å². The number of hydrogen-bond acceptors (Lipinski definition) is 12. The van der Waals surface area contributed by atoms with E-state index >= 15 is 0 Å². The number of esters is 3. The molecule has 4 atom stereocenters. The minimum absolute atomic E-state index is 0.00212. The van der Waals surface area contributed by atoms with Crippen LogP contribution < -0.4 is 20.3 Å². The summed E-state index contributed by atoms with van der Waals surface area (Å²) in [5, 5.41) is 0.164. The van der Waals surface area contributed by atoms with Crippen molar-refractivity contribution in [1.82, 2.24) is 0 Å². The predicted molar refractivity (Wildman–Crippen MR) is 191 cm³/mol. The van der Waals surface area contributed by atoms with Gasteiger partial charge in [-0.2, -0.15) is 0 Å². The number of carbonyl (C=O) groups excluding carboxylic acids is 3. The summed E-state index contributed by atoms with van der Waals surface area (Å²) in [5.74, 6) is -1.62. The molecule has 1 aliphatic rings. The molecule has 5 aromatic rings. The Morgan fingerprint density at radius 2 is 1.13 bits per heavy atom. The Labute approximate surface area is 304 Å². The van der Waals surface area contributed by atoms with Gasteiger partial charge in [-0.25, -0.2) is 0 Å². The van der Waals surface area contributed by atoms with Crippen LogP contribution in [-0.4, -0.2) is 37.2 Å². The minimum Gasteiger partial charge on any atom is -0.493 e. The highest BCUT2D eigenvalue weighted by molar-refractivity contribution is 5.81. The average Bonchev–Trinajstić information content (AvgIpc) is 3.12. The maximum Gasteiger partial charge on any atom is 0.303 e. The Kier molecular flexibility index (Phi) is 11.1. The molecule has 0 unspecified atom stereocenters. The van der Waals surface area contributed by atoms with E-state index in [4.69, 9.17) is 32.5 Å². The van der Waals surface area contributed by atoms with Crippen LogP contribution in [0.3, 0.4) is 0 Å². The second kappa shape index (κ2) is 16.0. The van der Waals surface area contributed by atoms with Crippen LogP contribution in [0.25, 0.3) is 11.0 Å². The summed E-state index contributed by atoms with van der Waals surface area (Å²) < 4.78 is 41.5. The number of methoxy groups -OCH3 is 1. The Morgan fingerprint density at radius 1 is 0.604 bits per heavy atom. The molecule has 0 N–H and O–H groups in total. The Hall–Kier alpha value is -6.17. The highest BCUT2D eigenvalue weighted by Gasteiger charge is 2.53.